The van der Waals surface area contributed by atoms with Gasteiger partial charge in [-0.1, -0.05) is 13.0 Å². The number of carbonyl (C=O) groups is 1. The Hall–Kier alpha value is -0.340. The molecule has 1 rings (SSSR count). The predicted octanol–water partition coefficient (Wildman–Crippen LogP) is 3.20. The molecule has 0 aliphatic carbocycles. The van der Waals surface area contributed by atoms with Crippen molar-refractivity contribution in [3.05, 3.63) is 22.4 Å². The van der Waals surface area contributed by atoms with E-state index in [1.165, 1.54) is 11.3 Å². The van der Waals surface area contributed by atoms with Crippen molar-refractivity contribution in [2.45, 2.75) is 13.3 Å². The largest absolute Gasteiger partial charge is 0.293 e. The number of Topliss-reactive ketones (excluding diaryl/α,β-unsaturated/α-hetero) is 1. The summed E-state index contributed by atoms with van der Waals surface area (Å²) in [6.07, 6.45) is 0.560. The third kappa shape index (κ3) is 2.61. The fourth-order valence-electron chi connectivity index (χ4n) is 0.909. The highest BCUT2D eigenvalue weighted by Gasteiger charge is 2.10. The van der Waals surface area contributed by atoms with E-state index in [4.69, 9.17) is 11.6 Å². The number of hydrogen-bond donors (Lipinski definition) is 0. The van der Waals surface area contributed by atoms with Crippen molar-refractivity contribution in [2.75, 3.05) is 5.88 Å². The van der Waals surface area contributed by atoms with Gasteiger partial charge in [-0.15, -0.1) is 22.9 Å². The van der Waals surface area contributed by atoms with Crippen molar-refractivity contribution in [3.63, 3.8) is 0 Å². The molecule has 1 aromatic heterocycles. The van der Waals surface area contributed by atoms with Crippen LogP contribution in [-0.4, -0.2) is 11.7 Å². The van der Waals surface area contributed by atoms with Gasteiger partial charge in [0.1, 0.15) is 0 Å². The number of rotatable bonds is 4. The first-order valence-electron chi connectivity index (χ1n) is 3.86. The van der Waals surface area contributed by atoms with Crippen LogP contribution < -0.4 is 0 Å². The van der Waals surface area contributed by atoms with Gasteiger partial charge in [-0.3, -0.25) is 4.79 Å². The number of hydrogen-bond acceptors (Lipinski definition) is 2. The lowest BCUT2D eigenvalue weighted by molar-refractivity contribution is 0.0972. The van der Waals surface area contributed by atoms with Gasteiger partial charge in [-0.05, 0) is 17.4 Å². The average molecular weight is 203 g/mol. The quantitative estimate of drug-likeness (QED) is 0.542. The van der Waals surface area contributed by atoms with Crippen LogP contribution in [0.4, 0.5) is 0 Å². The Morgan fingerprint density at radius 2 is 2.50 bits per heavy atom. The van der Waals surface area contributed by atoms with Crippen molar-refractivity contribution in [3.8, 4) is 0 Å². The Kier molecular flexibility index (Phi) is 3.76. The molecule has 0 aliphatic rings. The van der Waals surface area contributed by atoms with E-state index in [1.807, 2.05) is 24.4 Å². The van der Waals surface area contributed by atoms with Crippen LogP contribution in [0, 0.1) is 5.92 Å². The molecule has 1 aromatic rings. The van der Waals surface area contributed by atoms with Crippen LogP contribution in [0.5, 0.6) is 0 Å². The topological polar surface area (TPSA) is 17.1 Å². The Balaban J connectivity index is 2.50. The molecular formula is C9H11ClOS. The highest BCUT2D eigenvalue weighted by Crippen LogP contribution is 2.15. The van der Waals surface area contributed by atoms with Gasteiger partial charge in [-0.2, -0.15) is 0 Å². The first-order valence-corrected chi connectivity index (χ1v) is 5.28. The molecule has 0 aromatic carbocycles. The minimum absolute atomic E-state index is 0.207. The monoisotopic (exact) mass is 202 g/mol. The summed E-state index contributed by atoms with van der Waals surface area (Å²) in [5.41, 5.74) is 0. The number of alkyl halides is 1. The lowest BCUT2D eigenvalue weighted by Crippen LogP contribution is -2.05. The molecule has 0 N–H and O–H groups in total. The minimum atomic E-state index is 0.207. The molecule has 0 aliphatic heterocycles. The van der Waals surface area contributed by atoms with E-state index >= 15 is 0 Å². The molecular weight excluding hydrogens is 192 g/mol. The van der Waals surface area contributed by atoms with Gasteiger partial charge >= 0.3 is 0 Å². The van der Waals surface area contributed by atoms with E-state index < -0.39 is 0 Å². The van der Waals surface area contributed by atoms with Crippen molar-refractivity contribution in [1.29, 1.82) is 0 Å². The first kappa shape index (κ1) is 9.75. The van der Waals surface area contributed by atoms with Crippen molar-refractivity contribution < 1.29 is 4.79 Å². The van der Waals surface area contributed by atoms with Gasteiger partial charge in [-0.25, -0.2) is 0 Å². The summed E-state index contributed by atoms with van der Waals surface area (Å²) in [6, 6.07) is 3.75. The van der Waals surface area contributed by atoms with Gasteiger partial charge in [0.05, 0.1) is 4.88 Å². The van der Waals surface area contributed by atoms with Crippen molar-refractivity contribution in [2.24, 2.45) is 5.92 Å². The third-order valence-electron chi connectivity index (χ3n) is 1.59. The zero-order valence-electron chi connectivity index (χ0n) is 6.92. The fourth-order valence-corrected chi connectivity index (χ4v) is 1.69. The van der Waals surface area contributed by atoms with Crippen LogP contribution in [0.1, 0.15) is 23.0 Å². The zero-order chi connectivity index (χ0) is 8.97. The van der Waals surface area contributed by atoms with Crippen molar-refractivity contribution >= 4 is 28.7 Å². The second kappa shape index (κ2) is 4.63. The van der Waals surface area contributed by atoms with E-state index in [9.17, 15) is 4.79 Å². The Morgan fingerprint density at radius 3 is 3.00 bits per heavy atom. The lowest BCUT2D eigenvalue weighted by Gasteiger charge is -2.03. The van der Waals surface area contributed by atoms with E-state index in [0.29, 0.717) is 12.3 Å². The highest BCUT2D eigenvalue weighted by molar-refractivity contribution is 7.12. The molecule has 1 nitrogen and oxygen atoms in total. The maximum absolute atomic E-state index is 11.4. The average Bonchev–Trinajstić information content (AvgIpc) is 2.56. The molecule has 0 saturated carbocycles. The molecule has 0 fully saturated rings. The lowest BCUT2D eigenvalue weighted by atomic mass is 10.1. The summed E-state index contributed by atoms with van der Waals surface area (Å²) < 4.78 is 0. The summed E-state index contributed by atoms with van der Waals surface area (Å²) in [5.74, 6) is 1.04. The van der Waals surface area contributed by atoms with Crippen LogP contribution in [0.3, 0.4) is 0 Å². The number of halogens is 1. The van der Waals surface area contributed by atoms with Gasteiger partial charge < -0.3 is 0 Å². The summed E-state index contributed by atoms with van der Waals surface area (Å²) in [7, 11) is 0. The van der Waals surface area contributed by atoms with Crippen LogP contribution in [0.2, 0.25) is 0 Å². The first-order chi connectivity index (χ1) is 5.74. The molecule has 1 atom stereocenters. The molecule has 0 radical (unpaired) electrons. The Bertz CT molecular complexity index is 243. The molecule has 0 saturated heterocycles. The van der Waals surface area contributed by atoms with Crippen LogP contribution >= 0.6 is 22.9 Å². The molecule has 3 heteroatoms. The van der Waals surface area contributed by atoms with Crippen LogP contribution in [0.15, 0.2) is 17.5 Å². The van der Waals surface area contributed by atoms with Crippen molar-refractivity contribution in [1.82, 2.24) is 0 Å². The molecule has 0 spiro atoms. The molecule has 0 bridgehead atoms. The maximum Gasteiger partial charge on any atom is 0.173 e. The van der Waals surface area contributed by atoms with Gasteiger partial charge in [0.2, 0.25) is 0 Å². The zero-order valence-corrected chi connectivity index (χ0v) is 8.49. The SMILES string of the molecule is CC(CCl)CC(=O)c1cccs1. The van der Waals surface area contributed by atoms with E-state index in [1.54, 1.807) is 0 Å². The molecule has 66 valence electrons. The summed E-state index contributed by atoms with van der Waals surface area (Å²) in [5, 5.41) is 1.92. The molecule has 0 amide bonds. The second-order valence-corrected chi connectivity index (χ2v) is 4.12. The Morgan fingerprint density at radius 1 is 1.75 bits per heavy atom. The number of thiophene rings is 1. The van der Waals surface area contributed by atoms with Gasteiger partial charge in [0.25, 0.3) is 0 Å². The smallest absolute Gasteiger partial charge is 0.173 e. The fraction of sp³-hybridized carbons (Fsp3) is 0.444. The number of carbonyl (C=O) groups excluding carboxylic acids is 1. The van der Waals surface area contributed by atoms with E-state index in [2.05, 4.69) is 0 Å². The summed E-state index contributed by atoms with van der Waals surface area (Å²) >= 11 is 7.10. The van der Waals surface area contributed by atoms with Crippen LogP contribution in [0.25, 0.3) is 0 Å². The predicted molar refractivity (Wildman–Crippen MR) is 53.2 cm³/mol. The Labute approximate surface area is 81.4 Å². The second-order valence-electron chi connectivity index (χ2n) is 2.86. The summed E-state index contributed by atoms with van der Waals surface area (Å²) in [6.45, 7) is 1.98. The minimum Gasteiger partial charge on any atom is -0.293 e. The maximum atomic E-state index is 11.4. The van der Waals surface area contributed by atoms with E-state index in [0.717, 1.165) is 4.88 Å². The number of ketones is 1. The van der Waals surface area contributed by atoms with Gasteiger partial charge in [0, 0.05) is 12.3 Å². The van der Waals surface area contributed by atoms with E-state index in [-0.39, 0.29) is 11.7 Å². The summed E-state index contributed by atoms with van der Waals surface area (Å²) in [4.78, 5) is 12.3. The molecule has 1 unspecified atom stereocenters. The van der Waals surface area contributed by atoms with Gasteiger partial charge in [0.15, 0.2) is 5.78 Å². The molecule has 12 heavy (non-hydrogen) atoms. The molecule has 1 heterocycles. The standard InChI is InChI=1S/C9H11ClOS/c1-7(6-10)5-8(11)9-3-2-4-12-9/h2-4,7H,5-6H2,1H3. The third-order valence-corrected chi connectivity index (χ3v) is 3.03. The normalized spacial score (nSPS) is 12.8. The van der Waals surface area contributed by atoms with Crippen LogP contribution in [-0.2, 0) is 0 Å². The highest BCUT2D eigenvalue weighted by atomic mass is 35.5.